The van der Waals surface area contributed by atoms with Gasteiger partial charge in [-0.05, 0) is 40.8 Å². The van der Waals surface area contributed by atoms with E-state index in [0.29, 0.717) is 13.0 Å². The van der Waals surface area contributed by atoms with Crippen molar-refractivity contribution in [3.63, 3.8) is 0 Å². The molecule has 4 rings (SSSR count). The fraction of sp³-hybridized carbons (Fsp3) is 0.185. The van der Waals surface area contributed by atoms with Gasteiger partial charge in [0.15, 0.2) is 11.6 Å². The van der Waals surface area contributed by atoms with Gasteiger partial charge < -0.3 is 14.6 Å². The van der Waals surface area contributed by atoms with Gasteiger partial charge in [0.1, 0.15) is 5.82 Å². The molecule has 0 aliphatic carbocycles. The summed E-state index contributed by atoms with van der Waals surface area (Å²) >= 11 is 0. The molecule has 0 spiro atoms. The Morgan fingerprint density at radius 3 is 2.62 bits per heavy atom. The molecule has 0 saturated carbocycles. The zero-order valence-electron chi connectivity index (χ0n) is 18.6. The molecule has 1 aromatic heterocycles. The van der Waals surface area contributed by atoms with Crippen LogP contribution in [-0.2, 0) is 17.9 Å². The monoisotopic (exact) mass is 461 g/mol. The van der Waals surface area contributed by atoms with E-state index in [0.717, 1.165) is 35.4 Å². The van der Waals surface area contributed by atoms with Crippen molar-refractivity contribution < 1.29 is 18.3 Å². The molecule has 3 aromatic carbocycles. The topological polar surface area (TPSA) is 56.1 Å². The first-order valence-corrected chi connectivity index (χ1v) is 11.1. The molecule has 0 aliphatic heterocycles. The van der Waals surface area contributed by atoms with E-state index in [1.807, 2.05) is 35.0 Å². The number of hydrogen-bond acceptors (Lipinski definition) is 3. The van der Waals surface area contributed by atoms with Crippen molar-refractivity contribution in [1.82, 2.24) is 14.9 Å². The average molecular weight is 462 g/mol. The molecular formula is C27H25F2N3O2. The summed E-state index contributed by atoms with van der Waals surface area (Å²) in [7, 11) is 0. The molecule has 1 amide bonds. The second kappa shape index (κ2) is 11.2. The van der Waals surface area contributed by atoms with Crippen LogP contribution in [0.1, 0.15) is 24.0 Å². The van der Waals surface area contributed by atoms with Crippen LogP contribution in [0.4, 0.5) is 8.78 Å². The lowest BCUT2D eigenvalue weighted by Gasteiger charge is -2.12. The second-order valence-corrected chi connectivity index (χ2v) is 7.89. The number of benzene rings is 3. The summed E-state index contributed by atoms with van der Waals surface area (Å²) in [6.45, 7) is 1.33. The van der Waals surface area contributed by atoms with Gasteiger partial charge in [-0.15, -0.1) is 0 Å². The third-order valence-electron chi connectivity index (χ3n) is 5.38. The number of nitrogens with zero attached hydrogens (tertiary/aromatic N) is 2. The highest BCUT2D eigenvalue weighted by atomic mass is 19.1. The largest absolute Gasteiger partial charge is 0.491 e. The predicted octanol–water partition coefficient (Wildman–Crippen LogP) is 5.35. The molecule has 0 radical (unpaired) electrons. The van der Waals surface area contributed by atoms with Crippen LogP contribution in [0.5, 0.6) is 5.75 Å². The minimum absolute atomic E-state index is 0.0215. The van der Waals surface area contributed by atoms with Crippen molar-refractivity contribution in [2.45, 2.75) is 25.9 Å². The lowest BCUT2D eigenvalue weighted by Crippen LogP contribution is -2.23. The highest BCUT2D eigenvalue weighted by Crippen LogP contribution is 2.24. The summed E-state index contributed by atoms with van der Waals surface area (Å²) in [6, 6.07) is 19.5. The van der Waals surface area contributed by atoms with Crippen molar-refractivity contribution in [2.24, 2.45) is 0 Å². The van der Waals surface area contributed by atoms with Crippen molar-refractivity contribution in [1.29, 1.82) is 0 Å². The number of aromatic nitrogens is 2. The van der Waals surface area contributed by atoms with Gasteiger partial charge in [0.2, 0.25) is 5.91 Å². The summed E-state index contributed by atoms with van der Waals surface area (Å²) in [4.78, 5) is 16.4. The molecule has 0 unspecified atom stereocenters. The number of carbonyl (C=O) groups is 1. The molecular weight excluding hydrogens is 436 g/mol. The van der Waals surface area contributed by atoms with Gasteiger partial charge in [-0.3, -0.25) is 4.79 Å². The number of carbonyl (C=O) groups excluding carboxylic acids is 1. The molecule has 1 N–H and O–H groups in total. The number of amides is 1. The summed E-state index contributed by atoms with van der Waals surface area (Å²) in [5.74, 6) is -1.55. The molecule has 1 heterocycles. The minimum Gasteiger partial charge on any atom is -0.491 e. The maximum atomic E-state index is 13.6. The second-order valence-electron chi connectivity index (χ2n) is 7.89. The van der Waals surface area contributed by atoms with E-state index in [9.17, 15) is 13.6 Å². The molecule has 7 heteroatoms. The Labute approximate surface area is 197 Å². The van der Waals surface area contributed by atoms with Crippen molar-refractivity contribution in [2.75, 3.05) is 6.61 Å². The van der Waals surface area contributed by atoms with Gasteiger partial charge in [-0.1, -0.05) is 48.5 Å². The smallest absolute Gasteiger partial charge is 0.220 e. The predicted molar refractivity (Wildman–Crippen MR) is 126 cm³/mol. The van der Waals surface area contributed by atoms with Crippen molar-refractivity contribution >= 4 is 5.91 Å². The lowest BCUT2D eigenvalue weighted by atomic mass is 9.98. The summed E-state index contributed by atoms with van der Waals surface area (Å²) in [5.41, 5.74) is 4.33. The average Bonchev–Trinajstić information content (AvgIpc) is 3.35. The molecule has 0 atom stereocenters. The molecule has 0 saturated heterocycles. The Hall–Kier alpha value is -4.00. The van der Waals surface area contributed by atoms with E-state index in [1.165, 1.54) is 11.6 Å². The molecule has 5 nitrogen and oxygen atoms in total. The van der Waals surface area contributed by atoms with Crippen LogP contribution in [0.25, 0.3) is 11.1 Å². The lowest BCUT2D eigenvalue weighted by molar-refractivity contribution is -0.121. The Morgan fingerprint density at radius 1 is 1.03 bits per heavy atom. The maximum Gasteiger partial charge on any atom is 0.220 e. The quantitative estimate of drug-likeness (QED) is 0.324. The van der Waals surface area contributed by atoms with Crippen LogP contribution in [0.15, 0.2) is 85.5 Å². The Kier molecular flexibility index (Phi) is 7.65. The number of rotatable bonds is 10. The number of halogens is 2. The van der Waals surface area contributed by atoms with Gasteiger partial charge in [0, 0.05) is 38.0 Å². The third kappa shape index (κ3) is 6.28. The highest BCUT2D eigenvalue weighted by Gasteiger charge is 2.09. The van der Waals surface area contributed by atoms with Gasteiger partial charge in [-0.2, -0.15) is 0 Å². The fourth-order valence-corrected chi connectivity index (χ4v) is 3.63. The summed E-state index contributed by atoms with van der Waals surface area (Å²) in [5, 5.41) is 2.94. The van der Waals surface area contributed by atoms with Crippen LogP contribution in [0, 0.1) is 11.6 Å². The molecule has 0 bridgehead atoms. The van der Waals surface area contributed by atoms with E-state index in [4.69, 9.17) is 4.74 Å². The summed E-state index contributed by atoms with van der Waals surface area (Å²) in [6.07, 6.45) is 6.14. The van der Waals surface area contributed by atoms with Crippen LogP contribution in [-0.4, -0.2) is 22.1 Å². The van der Waals surface area contributed by atoms with Gasteiger partial charge in [0.25, 0.3) is 0 Å². The molecule has 174 valence electrons. The first-order valence-electron chi connectivity index (χ1n) is 11.1. The standard InChI is InChI=1S/C27H25F2N3O2/c28-23-11-12-26(25(29)16-23)34-15-3-6-27(33)31-17-22-4-1-2-5-24(22)21-9-7-20(8-10-21)18-32-14-13-30-19-32/h1-2,4-5,7-14,16,19H,3,6,15,17-18H2,(H,31,33). The number of hydrogen-bond donors (Lipinski definition) is 1. The van der Waals surface area contributed by atoms with Crippen LogP contribution in [0.3, 0.4) is 0 Å². The van der Waals surface area contributed by atoms with E-state index in [-0.39, 0.29) is 24.7 Å². The minimum atomic E-state index is -0.754. The van der Waals surface area contributed by atoms with Gasteiger partial charge >= 0.3 is 0 Å². The van der Waals surface area contributed by atoms with E-state index in [1.54, 1.807) is 12.5 Å². The van der Waals surface area contributed by atoms with Crippen LogP contribution in [0.2, 0.25) is 0 Å². The molecule has 4 aromatic rings. The first-order chi connectivity index (χ1) is 16.6. The Balaban J connectivity index is 1.27. The molecule has 0 fully saturated rings. The van der Waals surface area contributed by atoms with Crippen molar-refractivity contribution in [3.05, 3.63) is 108 Å². The number of ether oxygens (including phenoxy) is 1. The Morgan fingerprint density at radius 2 is 1.85 bits per heavy atom. The normalized spacial score (nSPS) is 10.8. The zero-order chi connectivity index (χ0) is 23.8. The fourth-order valence-electron chi connectivity index (χ4n) is 3.63. The van der Waals surface area contributed by atoms with Gasteiger partial charge in [0.05, 0.1) is 12.9 Å². The van der Waals surface area contributed by atoms with E-state index in [2.05, 4.69) is 34.6 Å². The first kappa shape index (κ1) is 23.2. The highest BCUT2D eigenvalue weighted by molar-refractivity contribution is 5.76. The maximum absolute atomic E-state index is 13.6. The third-order valence-corrected chi connectivity index (χ3v) is 5.38. The zero-order valence-corrected chi connectivity index (χ0v) is 18.6. The van der Waals surface area contributed by atoms with Gasteiger partial charge in [-0.25, -0.2) is 13.8 Å². The molecule has 34 heavy (non-hydrogen) atoms. The molecule has 0 aliphatic rings. The SMILES string of the molecule is O=C(CCCOc1ccc(F)cc1F)NCc1ccccc1-c1ccc(Cn2ccnc2)cc1. The number of nitrogens with one attached hydrogen (secondary N) is 1. The van der Waals surface area contributed by atoms with E-state index < -0.39 is 11.6 Å². The van der Waals surface area contributed by atoms with E-state index >= 15 is 0 Å². The van der Waals surface area contributed by atoms with Crippen LogP contribution >= 0.6 is 0 Å². The van der Waals surface area contributed by atoms with Crippen LogP contribution < -0.4 is 10.1 Å². The Bertz CT molecular complexity index is 1230. The van der Waals surface area contributed by atoms with Crippen molar-refractivity contribution in [3.8, 4) is 16.9 Å². The number of imidazole rings is 1. The summed E-state index contributed by atoms with van der Waals surface area (Å²) < 4.78 is 33.8.